The van der Waals surface area contributed by atoms with Crippen LogP contribution in [0.5, 0.6) is 0 Å². The zero-order valence-electron chi connectivity index (χ0n) is 19.0. The number of carbonyl (C=O) groups excluding carboxylic acids is 1. The highest BCUT2D eigenvalue weighted by Gasteiger charge is 2.58. The zero-order valence-corrected chi connectivity index (χ0v) is 19.9. The Morgan fingerprint density at radius 3 is 2.38 bits per heavy atom. The van der Waals surface area contributed by atoms with Crippen LogP contribution in [-0.2, 0) is 21.4 Å². The van der Waals surface area contributed by atoms with Gasteiger partial charge in [0, 0.05) is 25.6 Å². The van der Waals surface area contributed by atoms with Crippen LogP contribution in [0.2, 0.25) is 0 Å². The van der Waals surface area contributed by atoms with Crippen molar-refractivity contribution in [2.75, 3.05) is 20.6 Å². The van der Waals surface area contributed by atoms with Gasteiger partial charge < -0.3 is 4.90 Å². The molecule has 10 heteroatoms. The fraction of sp³-hybridized carbons (Fsp3) is 0.458. The summed E-state index contributed by atoms with van der Waals surface area (Å²) in [5.74, 6) is -4.88. The molecule has 4 rings (SSSR count). The lowest BCUT2D eigenvalue weighted by Crippen LogP contribution is -2.55. The molecule has 6 nitrogen and oxygen atoms in total. The van der Waals surface area contributed by atoms with E-state index in [-0.39, 0.29) is 17.9 Å². The Morgan fingerprint density at radius 2 is 1.79 bits per heavy atom. The van der Waals surface area contributed by atoms with Gasteiger partial charge in [-0.25, -0.2) is 13.2 Å². The van der Waals surface area contributed by atoms with E-state index in [2.05, 4.69) is 4.72 Å². The lowest BCUT2D eigenvalue weighted by molar-refractivity contribution is -0.140. The molecular formula is C24H28F3N3O3S. The summed E-state index contributed by atoms with van der Waals surface area (Å²) in [4.78, 5) is 14.1. The van der Waals surface area contributed by atoms with Gasteiger partial charge in [-0.05, 0) is 30.4 Å². The minimum atomic E-state index is -4.23. The summed E-state index contributed by atoms with van der Waals surface area (Å²) in [5, 5.41) is 0. The van der Waals surface area contributed by atoms with Crippen molar-refractivity contribution in [1.29, 1.82) is 0 Å². The van der Waals surface area contributed by atoms with Crippen molar-refractivity contribution in [2.45, 2.75) is 43.7 Å². The Kier molecular flexibility index (Phi) is 6.76. The summed E-state index contributed by atoms with van der Waals surface area (Å²) in [5.41, 5.74) is 1.08. The molecule has 0 unspecified atom stereocenters. The molecule has 1 amide bonds. The molecular weight excluding hydrogens is 467 g/mol. The van der Waals surface area contributed by atoms with Crippen molar-refractivity contribution in [3.63, 3.8) is 0 Å². The fourth-order valence-electron chi connectivity index (χ4n) is 4.50. The summed E-state index contributed by atoms with van der Waals surface area (Å²) >= 11 is 0. The van der Waals surface area contributed by atoms with Crippen molar-refractivity contribution in [3.05, 3.63) is 59.9 Å². The van der Waals surface area contributed by atoms with Crippen LogP contribution in [-0.4, -0.2) is 62.2 Å². The van der Waals surface area contributed by atoms with Gasteiger partial charge in [0.2, 0.25) is 5.91 Å². The Balaban J connectivity index is 1.72. The molecule has 0 aromatic heterocycles. The third-order valence-corrected chi connectivity index (χ3v) is 8.22. The van der Waals surface area contributed by atoms with Crippen LogP contribution in [0.25, 0.3) is 11.1 Å². The highest BCUT2D eigenvalue weighted by Crippen LogP contribution is 2.39. The van der Waals surface area contributed by atoms with Gasteiger partial charge >= 0.3 is 0 Å². The first-order valence-corrected chi connectivity index (χ1v) is 12.7. The van der Waals surface area contributed by atoms with E-state index < -0.39 is 46.5 Å². The van der Waals surface area contributed by atoms with Crippen molar-refractivity contribution >= 4 is 16.1 Å². The van der Waals surface area contributed by atoms with E-state index in [4.69, 9.17) is 0 Å². The SMILES string of the molecule is CN(C)S(=O)(=O)N[C@@H]1[C@H](Cc2cccc(-c3ccccc3)c2F)N(C(=O)C2CCC2)CC1(F)F. The molecule has 1 saturated heterocycles. The summed E-state index contributed by atoms with van der Waals surface area (Å²) in [6, 6.07) is 10.4. The molecule has 0 bridgehead atoms. The van der Waals surface area contributed by atoms with Crippen molar-refractivity contribution in [2.24, 2.45) is 5.92 Å². The van der Waals surface area contributed by atoms with Gasteiger partial charge in [-0.2, -0.15) is 17.4 Å². The number of hydrogen-bond acceptors (Lipinski definition) is 3. The molecule has 1 N–H and O–H groups in total. The van der Waals surface area contributed by atoms with E-state index in [0.717, 1.165) is 15.6 Å². The number of nitrogens with zero attached hydrogens (tertiary/aromatic N) is 2. The zero-order chi connectivity index (χ0) is 24.7. The van der Waals surface area contributed by atoms with E-state index in [9.17, 15) is 13.2 Å². The van der Waals surface area contributed by atoms with Crippen LogP contribution in [0.4, 0.5) is 13.2 Å². The average Bonchev–Trinajstić information content (AvgIpc) is 2.98. The van der Waals surface area contributed by atoms with E-state index in [1.165, 1.54) is 20.2 Å². The first kappa shape index (κ1) is 24.7. The van der Waals surface area contributed by atoms with Crippen molar-refractivity contribution < 1.29 is 26.4 Å². The molecule has 34 heavy (non-hydrogen) atoms. The monoisotopic (exact) mass is 495 g/mol. The molecule has 2 aromatic rings. The second kappa shape index (κ2) is 9.31. The first-order valence-electron chi connectivity index (χ1n) is 11.2. The maximum Gasteiger partial charge on any atom is 0.283 e. The van der Waals surface area contributed by atoms with Gasteiger partial charge in [-0.1, -0.05) is 55.0 Å². The first-order chi connectivity index (χ1) is 16.0. The van der Waals surface area contributed by atoms with Crippen molar-refractivity contribution in [1.82, 2.24) is 13.9 Å². The number of likely N-dealkylation sites (tertiary alicyclic amines) is 1. The minimum absolute atomic E-state index is 0.143. The number of benzene rings is 2. The Morgan fingerprint density at radius 1 is 1.12 bits per heavy atom. The number of rotatable bonds is 7. The molecule has 2 aliphatic rings. The molecule has 1 aliphatic carbocycles. The molecule has 1 heterocycles. The summed E-state index contributed by atoms with van der Waals surface area (Å²) < 4.78 is 73.6. The molecule has 0 spiro atoms. The van der Waals surface area contributed by atoms with Crippen LogP contribution < -0.4 is 4.72 Å². The van der Waals surface area contributed by atoms with Gasteiger partial charge in [0.15, 0.2) is 0 Å². The molecule has 184 valence electrons. The number of alkyl halides is 2. The topological polar surface area (TPSA) is 69.7 Å². The minimum Gasteiger partial charge on any atom is -0.331 e. The lowest BCUT2D eigenvalue weighted by atomic mass is 9.84. The molecule has 2 aromatic carbocycles. The Bertz CT molecular complexity index is 1150. The molecule has 1 aliphatic heterocycles. The van der Waals surface area contributed by atoms with Gasteiger partial charge in [-0.15, -0.1) is 0 Å². The maximum atomic E-state index is 15.5. The summed E-state index contributed by atoms with van der Waals surface area (Å²) in [6.45, 7) is -0.909. The number of nitrogens with one attached hydrogen (secondary N) is 1. The number of hydrogen-bond donors (Lipinski definition) is 1. The standard InChI is InChI=1S/C24H28F3N3O3S/c1-29(2)34(32,33)28-22-20(30(15-24(22,26)27)23(31)17-10-6-11-17)14-18-12-7-13-19(21(18)25)16-8-4-3-5-9-16/h3-5,7-9,12-13,17,20,22,28H,6,10-11,14-15H2,1-2H3/t20-,22+/m0/s1. The van der Waals surface area contributed by atoms with Gasteiger partial charge in [0.1, 0.15) is 11.9 Å². The Hall–Kier alpha value is -2.43. The predicted octanol–water partition coefficient (Wildman–Crippen LogP) is 3.45. The molecule has 2 fully saturated rings. The van der Waals surface area contributed by atoms with Crippen LogP contribution >= 0.6 is 0 Å². The highest BCUT2D eigenvalue weighted by molar-refractivity contribution is 7.87. The second-order valence-corrected chi connectivity index (χ2v) is 11.1. The van der Waals surface area contributed by atoms with E-state index in [1.54, 1.807) is 42.5 Å². The van der Waals surface area contributed by atoms with Crippen LogP contribution in [0.1, 0.15) is 24.8 Å². The molecule has 0 radical (unpaired) electrons. The van der Waals surface area contributed by atoms with Crippen LogP contribution in [0, 0.1) is 11.7 Å². The third kappa shape index (κ3) is 4.71. The normalized spacial score (nSPS) is 22.7. The van der Waals surface area contributed by atoms with Gasteiger partial charge in [-0.3, -0.25) is 4.79 Å². The van der Waals surface area contributed by atoms with Crippen molar-refractivity contribution in [3.8, 4) is 11.1 Å². The third-order valence-electron chi connectivity index (χ3n) is 6.71. The number of amides is 1. The largest absolute Gasteiger partial charge is 0.331 e. The molecule has 1 saturated carbocycles. The van der Waals surface area contributed by atoms with Gasteiger partial charge in [0.25, 0.3) is 16.1 Å². The maximum absolute atomic E-state index is 15.5. The quantitative estimate of drug-likeness (QED) is 0.640. The second-order valence-electron chi connectivity index (χ2n) is 9.15. The van der Waals surface area contributed by atoms with E-state index in [0.29, 0.717) is 24.0 Å². The smallest absolute Gasteiger partial charge is 0.283 e. The number of halogens is 3. The van der Waals surface area contributed by atoms with Crippen LogP contribution in [0.15, 0.2) is 48.5 Å². The van der Waals surface area contributed by atoms with Gasteiger partial charge in [0.05, 0.1) is 12.6 Å². The fourth-order valence-corrected chi connectivity index (χ4v) is 5.36. The lowest BCUT2D eigenvalue weighted by Gasteiger charge is -2.34. The number of carbonyl (C=O) groups is 1. The predicted molar refractivity (Wildman–Crippen MR) is 123 cm³/mol. The van der Waals surface area contributed by atoms with E-state index in [1.807, 2.05) is 0 Å². The van der Waals surface area contributed by atoms with E-state index >= 15 is 13.2 Å². The highest BCUT2D eigenvalue weighted by atomic mass is 32.2. The molecule has 2 atom stereocenters. The summed E-state index contributed by atoms with van der Waals surface area (Å²) in [7, 11) is -1.77. The van der Waals surface area contributed by atoms with Crippen LogP contribution in [0.3, 0.4) is 0 Å². The average molecular weight is 496 g/mol. The Labute approximate surface area is 197 Å². The summed E-state index contributed by atoms with van der Waals surface area (Å²) in [6.07, 6.45) is 1.82.